The molecule has 1 heterocycles. The lowest BCUT2D eigenvalue weighted by Crippen LogP contribution is -2.27. The van der Waals surface area contributed by atoms with Gasteiger partial charge in [0.2, 0.25) is 0 Å². The highest BCUT2D eigenvalue weighted by Gasteiger charge is 2.20. The molecule has 2 rings (SSSR count). The second-order valence-electron chi connectivity index (χ2n) is 4.70. The highest BCUT2D eigenvalue weighted by Crippen LogP contribution is 2.25. The van der Waals surface area contributed by atoms with Gasteiger partial charge in [-0.2, -0.15) is 0 Å². The highest BCUT2D eigenvalue weighted by molar-refractivity contribution is 5.36. The van der Waals surface area contributed by atoms with Crippen molar-refractivity contribution in [2.45, 2.75) is 45.1 Å². The van der Waals surface area contributed by atoms with Crippen LogP contribution in [0.15, 0.2) is 18.3 Å². The fourth-order valence-electron chi connectivity index (χ4n) is 2.37. The fourth-order valence-corrected chi connectivity index (χ4v) is 2.37. The Balaban J connectivity index is 2.05. The van der Waals surface area contributed by atoms with Crippen molar-refractivity contribution >= 4 is 5.82 Å². The third-order valence-electron chi connectivity index (χ3n) is 3.44. The van der Waals surface area contributed by atoms with Gasteiger partial charge >= 0.3 is 0 Å². The van der Waals surface area contributed by atoms with E-state index >= 15 is 0 Å². The second-order valence-corrected chi connectivity index (χ2v) is 4.70. The van der Waals surface area contributed by atoms with Gasteiger partial charge in [-0.3, -0.25) is 0 Å². The van der Waals surface area contributed by atoms with E-state index in [4.69, 9.17) is 0 Å². The Bertz CT molecular complexity index is 340. The van der Waals surface area contributed by atoms with Gasteiger partial charge in [-0.05, 0) is 30.9 Å². The molecule has 0 saturated heterocycles. The zero-order valence-corrected chi connectivity index (χ0v) is 9.75. The van der Waals surface area contributed by atoms with E-state index in [1.807, 2.05) is 0 Å². The minimum Gasteiger partial charge on any atom is -0.365 e. The summed E-state index contributed by atoms with van der Waals surface area (Å²) in [4.78, 5) is 4.05. The molecule has 0 amide bonds. The molecule has 1 aromatic heterocycles. The molecule has 1 aliphatic rings. The van der Waals surface area contributed by atoms with Crippen molar-refractivity contribution in [2.75, 3.05) is 5.32 Å². The predicted octanol–water partition coefficient (Wildman–Crippen LogP) is 3.60. The minimum absolute atomic E-state index is 0.251. The van der Waals surface area contributed by atoms with E-state index in [0.29, 0.717) is 17.8 Å². The van der Waals surface area contributed by atoms with Gasteiger partial charge in [0, 0.05) is 12.2 Å². The van der Waals surface area contributed by atoms with Gasteiger partial charge in [-0.1, -0.05) is 26.2 Å². The van der Waals surface area contributed by atoms with Crippen LogP contribution in [0.1, 0.15) is 39.0 Å². The first-order valence-electron chi connectivity index (χ1n) is 6.14. The molecule has 2 unspecified atom stereocenters. The number of rotatable bonds is 2. The van der Waals surface area contributed by atoms with Crippen molar-refractivity contribution in [3.05, 3.63) is 24.1 Å². The molecule has 1 N–H and O–H groups in total. The van der Waals surface area contributed by atoms with Crippen LogP contribution in [0.2, 0.25) is 0 Å². The molecule has 1 aliphatic carbocycles. The largest absolute Gasteiger partial charge is 0.365 e. The minimum atomic E-state index is -0.251. The first-order valence-corrected chi connectivity index (χ1v) is 6.14. The van der Waals surface area contributed by atoms with E-state index in [1.54, 1.807) is 12.3 Å². The summed E-state index contributed by atoms with van der Waals surface area (Å²) in [7, 11) is 0. The normalized spacial score (nSPS) is 26.1. The van der Waals surface area contributed by atoms with Crippen LogP contribution in [0.25, 0.3) is 0 Å². The molecular formula is C13H19FN2. The van der Waals surface area contributed by atoms with Crippen LogP contribution < -0.4 is 5.32 Å². The van der Waals surface area contributed by atoms with Crippen molar-refractivity contribution in [1.29, 1.82) is 0 Å². The quantitative estimate of drug-likeness (QED) is 0.773. The summed E-state index contributed by atoms with van der Waals surface area (Å²) in [5, 5.41) is 3.25. The summed E-state index contributed by atoms with van der Waals surface area (Å²) >= 11 is 0. The van der Waals surface area contributed by atoms with Crippen LogP contribution >= 0.6 is 0 Å². The van der Waals surface area contributed by atoms with Gasteiger partial charge in [0.15, 0.2) is 11.6 Å². The number of halogens is 1. The Morgan fingerprint density at radius 2 is 2.12 bits per heavy atom. The SMILES string of the molecule is CC1CCCCCC1Nc1ncccc1F. The number of nitrogens with one attached hydrogen (secondary N) is 1. The van der Waals surface area contributed by atoms with Gasteiger partial charge in [0.25, 0.3) is 0 Å². The van der Waals surface area contributed by atoms with Gasteiger partial charge in [0.05, 0.1) is 0 Å². The third kappa shape index (κ3) is 2.71. The Hall–Kier alpha value is -1.12. The lowest BCUT2D eigenvalue weighted by Gasteiger charge is -2.23. The molecule has 0 spiro atoms. The first kappa shape index (κ1) is 11.4. The Kier molecular flexibility index (Phi) is 3.75. The van der Waals surface area contributed by atoms with Crippen molar-refractivity contribution in [3.63, 3.8) is 0 Å². The number of anilines is 1. The van der Waals surface area contributed by atoms with Gasteiger partial charge < -0.3 is 5.32 Å². The number of nitrogens with zero attached hydrogens (tertiary/aromatic N) is 1. The van der Waals surface area contributed by atoms with E-state index in [2.05, 4.69) is 17.2 Å². The molecule has 88 valence electrons. The summed E-state index contributed by atoms with van der Waals surface area (Å²) < 4.78 is 13.4. The molecule has 1 saturated carbocycles. The molecule has 3 heteroatoms. The summed E-state index contributed by atoms with van der Waals surface area (Å²) in [6.45, 7) is 2.24. The van der Waals surface area contributed by atoms with E-state index < -0.39 is 0 Å². The standard InChI is InChI=1S/C13H19FN2/c1-10-6-3-2-4-8-12(10)16-13-11(14)7-5-9-15-13/h5,7,9-10,12H,2-4,6,8H2,1H3,(H,15,16). The number of pyridine rings is 1. The lowest BCUT2D eigenvalue weighted by molar-refractivity contribution is 0.453. The third-order valence-corrected chi connectivity index (χ3v) is 3.44. The molecular weight excluding hydrogens is 203 g/mol. The monoisotopic (exact) mass is 222 g/mol. The van der Waals surface area contributed by atoms with E-state index in [-0.39, 0.29) is 5.82 Å². The summed E-state index contributed by atoms with van der Waals surface area (Å²) in [5.74, 6) is 0.754. The maximum absolute atomic E-state index is 13.4. The molecule has 1 aromatic rings. The average molecular weight is 222 g/mol. The molecule has 0 aliphatic heterocycles. The maximum atomic E-state index is 13.4. The van der Waals surface area contributed by atoms with Crippen molar-refractivity contribution < 1.29 is 4.39 Å². The molecule has 1 fully saturated rings. The number of hydrogen-bond donors (Lipinski definition) is 1. The average Bonchev–Trinajstić information content (AvgIpc) is 2.48. The molecule has 16 heavy (non-hydrogen) atoms. The van der Waals surface area contributed by atoms with Crippen LogP contribution in [0.3, 0.4) is 0 Å². The highest BCUT2D eigenvalue weighted by atomic mass is 19.1. The molecule has 0 bridgehead atoms. The molecule has 0 aromatic carbocycles. The van der Waals surface area contributed by atoms with Crippen LogP contribution in [0.5, 0.6) is 0 Å². The maximum Gasteiger partial charge on any atom is 0.165 e. The van der Waals surface area contributed by atoms with E-state index in [9.17, 15) is 4.39 Å². The smallest absolute Gasteiger partial charge is 0.165 e. The second kappa shape index (κ2) is 5.28. The van der Waals surface area contributed by atoms with Gasteiger partial charge in [0.1, 0.15) is 0 Å². The van der Waals surface area contributed by atoms with Gasteiger partial charge in [-0.15, -0.1) is 0 Å². The molecule has 2 nitrogen and oxygen atoms in total. The van der Waals surface area contributed by atoms with Crippen LogP contribution in [-0.4, -0.2) is 11.0 Å². The topological polar surface area (TPSA) is 24.9 Å². The zero-order chi connectivity index (χ0) is 11.4. The Labute approximate surface area is 96.3 Å². The van der Waals surface area contributed by atoms with Gasteiger partial charge in [-0.25, -0.2) is 9.37 Å². The predicted molar refractivity (Wildman–Crippen MR) is 63.9 cm³/mol. The zero-order valence-electron chi connectivity index (χ0n) is 9.75. The van der Waals surface area contributed by atoms with E-state index in [1.165, 1.54) is 31.7 Å². The van der Waals surface area contributed by atoms with Crippen LogP contribution in [0, 0.1) is 11.7 Å². The molecule has 2 atom stereocenters. The van der Waals surface area contributed by atoms with Crippen LogP contribution in [0.4, 0.5) is 10.2 Å². The van der Waals surface area contributed by atoms with Crippen molar-refractivity contribution in [3.8, 4) is 0 Å². The number of aromatic nitrogens is 1. The van der Waals surface area contributed by atoms with E-state index in [0.717, 1.165) is 6.42 Å². The number of hydrogen-bond acceptors (Lipinski definition) is 2. The lowest BCUT2D eigenvalue weighted by atomic mass is 9.97. The fraction of sp³-hybridized carbons (Fsp3) is 0.615. The van der Waals surface area contributed by atoms with Crippen molar-refractivity contribution in [2.24, 2.45) is 5.92 Å². The van der Waals surface area contributed by atoms with Crippen LogP contribution in [-0.2, 0) is 0 Å². The summed E-state index contributed by atoms with van der Waals surface area (Å²) in [5.41, 5.74) is 0. The summed E-state index contributed by atoms with van der Waals surface area (Å²) in [6, 6.07) is 3.44. The first-order chi connectivity index (χ1) is 7.77. The Morgan fingerprint density at radius 3 is 2.94 bits per heavy atom. The molecule has 0 radical (unpaired) electrons. The Morgan fingerprint density at radius 1 is 1.31 bits per heavy atom. The summed E-state index contributed by atoms with van der Waals surface area (Å²) in [6.07, 6.45) is 7.81. The van der Waals surface area contributed by atoms with Crippen molar-refractivity contribution in [1.82, 2.24) is 4.98 Å².